The van der Waals surface area contributed by atoms with Crippen LogP contribution in [-0.4, -0.2) is 28.0 Å². The van der Waals surface area contributed by atoms with E-state index in [0.717, 1.165) is 13.0 Å². The van der Waals surface area contributed by atoms with Gasteiger partial charge in [-0.15, -0.1) is 0 Å². The predicted octanol–water partition coefficient (Wildman–Crippen LogP) is 1.64. The molecule has 0 radical (unpaired) electrons. The molecule has 17 heavy (non-hydrogen) atoms. The van der Waals surface area contributed by atoms with E-state index in [9.17, 15) is 0 Å². The molecule has 2 N–H and O–H groups in total. The Kier molecular flexibility index (Phi) is 4.57. The third-order valence-corrected chi connectivity index (χ3v) is 3.50. The van der Waals surface area contributed by atoms with Crippen LogP contribution in [0.4, 0.5) is 0 Å². The molecule has 1 aromatic rings. The first kappa shape index (κ1) is 12.6. The molecule has 1 unspecified atom stereocenters. The molecule has 0 aromatic carbocycles. The summed E-state index contributed by atoms with van der Waals surface area (Å²) >= 11 is 0. The standard InChI is InChI=1S/C13H23N3O/c1-2-3-7-14-12-5-4-6-13-11(12)10-15-16(13)8-9-17/h10,12,14,17H,2-9H2,1H3. The van der Waals surface area contributed by atoms with E-state index in [4.69, 9.17) is 5.11 Å². The van der Waals surface area contributed by atoms with Crippen LogP contribution in [0.2, 0.25) is 0 Å². The van der Waals surface area contributed by atoms with Crippen LogP contribution in [0.25, 0.3) is 0 Å². The molecule has 0 aliphatic heterocycles. The quantitative estimate of drug-likeness (QED) is 0.740. The molecule has 1 aliphatic rings. The minimum Gasteiger partial charge on any atom is -0.394 e. The van der Waals surface area contributed by atoms with Gasteiger partial charge in [0, 0.05) is 17.3 Å². The fourth-order valence-corrected chi connectivity index (χ4v) is 2.57. The maximum absolute atomic E-state index is 9.00. The van der Waals surface area contributed by atoms with Gasteiger partial charge in [0.2, 0.25) is 0 Å². The van der Waals surface area contributed by atoms with Crippen LogP contribution in [0.3, 0.4) is 0 Å². The van der Waals surface area contributed by atoms with Crippen molar-refractivity contribution in [1.82, 2.24) is 15.1 Å². The van der Waals surface area contributed by atoms with Gasteiger partial charge in [-0.2, -0.15) is 5.10 Å². The minimum absolute atomic E-state index is 0.169. The second kappa shape index (κ2) is 6.17. The molecule has 4 nitrogen and oxygen atoms in total. The summed E-state index contributed by atoms with van der Waals surface area (Å²) in [5.41, 5.74) is 2.67. The number of aliphatic hydroxyl groups is 1. The van der Waals surface area contributed by atoms with E-state index >= 15 is 0 Å². The number of rotatable bonds is 6. The molecule has 0 saturated carbocycles. The number of nitrogens with one attached hydrogen (secondary N) is 1. The molecule has 1 heterocycles. The number of aromatic nitrogens is 2. The molecular formula is C13H23N3O. The monoisotopic (exact) mass is 237 g/mol. The highest BCUT2D eigenvalue weighted by atomic mass is 16.3. The van der Waals surface area contributed by atoms with Crippen LogP contribution >= 0.6 is 0 Å². The maximum Gasteiger partial charge on any atom is 0.0644 e. The zero-order chi connectivity index (χ0) is 12.1. The van der Waals surface area contributed by atoms with Crippen molar-refractivity contribution in [2.45, 2.75) is 51.6 Å². The second-order valence-corrected chi connectivity index (χ2v) is 4.75. The number of nitrogens with zero attached hydrogens (tertiary/aromatic N) is 2. The van der Waals surface area contributed by atoms with Crippen molar-refractivity contribution in [2.24, 2.45) is 0 Å². The van der Waals surface area contributed by atoms with Crippen molar-refractivity contribution < 1.29 is 5.11 Å². The van der Waals surface area contributed by atoms with Gasteiger partial charge in [-0.3, -0.25) is 4.68 Å². The Hall–Kier alpha value is -0.870. The summed E-state index contributed by atoms with van der Waals surface area (Å²) in [6.45, 7) is 4.10. The van der Waals surface area contributed by atoms with Gasteiger partial charge in [-0.1, -0.05) is 13.3 Å². The Labute approximate surface area is 103 Å². The number of aliphatic hydroxyl groups excluding tert-OH is 1. The van der Waals surface area contributed by atoms with Gasteiger partial charge in [-0.05, 0) is 32.2 Å². The average Bonchev–Trinajstić information content (AvgIpc) is 2.75. The third-order valence-electron chi connectivity index (χ3n) is 3.50. The van der Waals surface area contributed by atoms with Crippen LogP contribution in [-0.2, 0) is 13.0 Å². The maximum atomic E-state index is 9.00. The Morgan fingerprint density at radius 1 is 1.59 bits per heavy atom. The first-order valence-electron chi connectivity index (χ1n) is 6.75. The Morgan fingerprint density at radius 3 is 3.24 bits per heavy atom. The summed E-state index contributed by atoms with van der Waals surface area (Å²) in [5.74, 6) is 0. The molecule has 1 aromatic heterocycles. The molecular weight excluding hydrogens is 214 g/mol. The van der Waals surface area contributed by atoms with Crippen LogP contribution in [0.15, 0.2) is 6.20 Å². The predicted molar refractivity (Wildman–Crippen MR) is 67.9 cm³/mol. The van der Waals surface area contributed by atoms with E-state index in [2.05, 4.69) is 17.3 Å². The topological polar surface area (TPSA) is 50.1 Å². The summed E-state index contributed by atoms with van der Waals surface area (Å²) in [6, 6.07) is 0.470. The average molecular weight is 237 g/mol. The van der Waals surface area contributed by atoms with Gasteiger partial charge in [0.1, 0.15) is 0 Å². The lowest BCUT2D eigenvalue weighted by Gasteiger charge is -2.24. The molecule has 2 rings (SSSR count). The van der Waals surface area contributed by atoms with E-state index in [1.165, 1.54) is 36.9 Å². The van der Waals surface area contributed by atoms with Gasteiger partial charge in [0.25, 0.3) is 0 Å². The lowest BCUT2D eigenvalue weighted by molar-refractivity contribution is 0.266. The van der Waals surface area contributed by atoms with Crippen LogP contribution in [0, 0.1) is 0 Å². The fraction of sp³-hybridized carbons (Fsp3) is 0.769. The SMILES string of the molecule is CCCCNC1CCCc2c1cnn2CCO. The van der Waals surface area contributed by atoms with Gasteiger partial charge < -0.3 is 10.4 Å². The van der Waals surface area contributed by atoms with Crippen molar-refractivity contribution in [2.75, 3.05) is 13.2 Å². The number of unbranched alkanes of at least 4 members (excludes halogenated alkanes) is 1. The molecule has 4 heteroatoms. The lowest BCUT2D eigenvalue weighted by atomic mass is 9.93. The smallest absolute Gasteiger partial charge is 0.0644 e. The molecule has 0 bridgehead atoms. The zero-order valence-corrected chi connectivity index (χ0v) is 10.7. The fourth-order valence-electron chi connectivity index (χ4n) is 2.57. The Morgan fingerprint density at radius 2 is 2.47 bits per heavy atom. The minimum atomic E-state index is 0.169. The highest BCUT2D eigenvalue weighted by Gasteiger charge is 2.23. The van der Waals surface area contributed by atoms with Crippen LogP contribution in [0.1, 0.15) is 49.9 Å². The van der Waals surface area contributed by atoms with E-state index in [0.29, 0.717) is 12.6 Å². The van der Waals surface area contributed by atoms with Crippen LogP contribution < -0.4 is 5.32 Å². The highest BCUT2D eigenvalue weighted by Crippen LogP contribution is 2.29. The lowest BCUT2D eigenvalue weighted by Crippen LogP contribution is -2.26. The molecule has 96 valence electrons. The van der Waals surface area contributed by atoms with E-state index in [1.54, 1.807) is 0 Å². The molecule has 1 aliphatic carbocycles. The first-order chi connectivity index (χ1) is 8.36. The van der Waals surface area contributed by atoms with Gasteiger partial charge in [0.15, 0.2) is 0 Å². The van der Waals surface area contributed by atoms with Gasteiger partial charge >= 0.3 is 0 Å². The molecule has 1 atom stereocenters. The molecule has 0 spiro atoms. The molecule has 0 saturated heterocycles. The van der Waals surface area contributed by atoms with Crippen molar-refractivity contribution >= 4 is 0 Å². The normalized spacial score (nSPS) is 19.3. The summed E-state index contributed by atoms with van der Waals surface area (Å²) in [6.07, 6.45) is 7.97. The van der Waals surface area contributed by atoms with Gasteiger partial charge in [0.05, 0.1) is 19.3 Å². The van der Waals surface area contributed by atoms with Crippen LogP contribution in [0.5, 0.6) is 0 Å². The third kappa shape index (κ3) is 2.87. The summed E-state index contributed by atoms with van der Waals surface area (Å²) in [7, 11) is 0. The molecule has 0 fully saturated rings. The van der Waals surface area contributed by atoms with Crippen molar-refractivity contribution in [3.8, 4) is 0 Å². The number of hydrogen-bond donors (Lipinski definition) is 2. The first-order valence-corrected chi connectivity index (χ1v) is 6.75. The van der Waals surface area contributed by atoms with E-state index < -0.39 is 0 Å². The second-order valence-electron chi connectivity index (χ2n) is 4.75. The summed E-state index contributed by atoms with van der Waals surface area (Å²) in [5, 5.41) is 17.0. The number of fused-ring (bicyclic) bond motifs is 1. The van der Waals surface area contributed by atoms with Crippen molar-refractivity contribution in [3.63, 3.8) is 0 Å². The Balaban J connectivity index is 2.04. The largest absolute Gasteiger partial charge is 0.394 e. The van der Waals surface area contributed by atoms with Crippen molar-refractivity contribution in [1.29, 1.82) is 0 Å². The summed E-state index contributed by atoms with van der Waals surface area (Å²) < 4.78 is 1.96. The zero-order valence-electron chi connectivity index (χ0n) is 10.7. The van der Waals surface area contributed by atoms with E-state index in [1.807, 2.05) is 10.9 Å². The van der Waals surface area contributed by atoms with Gasteiger partial charge in [-0.25, -0.2) is 0 Å². The Bertz CT molecular complexity index is 348. The summed E-state index contributed by atoms with van der Waals surface area (Å²) in [4.78, 5) is 0. The molecule has 0 amide bonds. The highest BCUT2D eigenvalue weighted by molar-refractivity contribution is 5.24. The van der Waals surface area contributed by atoms with E-state index in [-0.39, 0.29) is 6.61 Å². The number of hydrogen-bond acceptors (Lipinski definition) is 3. The van der Waals surface area contributed by atoms with Crippen molar-refractivity contribution in [3.05, 3.63) is 17.5 Å².